The maximum atomic E-state index is 12.0. The zero-order valence-corrected chi connectivity index (χ0v) is 16.7. The molecule has 0 fully saturated rings. The van der Waals surface area contributed by atoms with Crippen LogP contribution in [-0.4, -0.2) is 46.9 Å². The van der Waals surface area contributed by atoms with Crippen LogP contribution in [0.15, 0.2) is 42.5 Å². The van der Waals surface area contributed by atoms with Crippen LogP contribution >= 0.6 is 0 Å². The van der Waals surface area contributed by atoms with Crippen molar-refractivity contribution in [3.05, 3.63) is 48.0 Å². The van der Waals surface area contributed by atoms with Crippen LogP contribution in [0.3, 0.4) is 0 Å². The molecule has 2 aromatic carbocycles. The molecule has 0 aliphatic rings. The second-order valence-corrected chi connectivity index (χ2v) is 5.70. The second-order valence-electron chi connectivity index (χ2n) is 5.70. The third-order valence-electron chi connectivity index (χ3n) is 3.81. The van der Waals surface area contributed by atoms with Crippen molar-refractivity contribution in [3.8, 4) is 23.0 Å². The molecule has 154 valence electrons. The normalized spacial score (nSPS) is 10.3. The maximum Gasteiger partial charge on any atom is 0.331 e. The average molecular weight is 401 g/mol. The Balaban J connectivity index is 1.92. The molecular weight excluding hydrogens is 378 g/mol. The van der Waals surface area contributed by atoms with Crippen LogP contribution in [-0.2, 0) is 14.3 Å². The Labute approximate surface area is 169 Å². The van der Waals surface area contributed by atoms with Gasteiger partial charge in [-0.3, -0.25) is 4.79 Å². The minimum Gasteiger partial charge on any atom is -0.497 e. The number of methoxy groups -OCH3 is 4. The van der Waals surface area contributed by atoms with Crippen molar-refractivity contribution in [3.63, 3.8) is 0 Å². The number of esters is 1. The second kappa shape index (κ2) is 10.6. The fourth-order valence-corrected chi connectivity index (χ4v) is 2.36. The fourth-order valence-electron chi connectivity index (χ4n) is 2.36. The number of rotatable bonds is 9. The molecule has 0 radical (unpaired) electrons. The molecule has 0 bridgehead atoms. The summed E-state index contributed by atoms with van der Waals surface area (Å²) in [5.41, 5.74) is 1.12. The molecule has 0 saturated heterocycles. The summed E-state index contributed by atoms with van der Waals surface area (Å²) in [7, 11) is 6.07. The standard InChI is InChI=1S/C21H23NO7/c1-25-15-6-7-18(19(12-15)28-4)22-20(23)13-29-21(24)8-5-14-9-16(26-2)11-17(10-14)27-3/h5-12H,13H2,1-4H3,(H,22,23)/b8-5+. The first-order chi connectivity index (χ1) is 14.0. The van der Waals surface area contributed by atoms with Gasteiger partial charge in [-0.15, -0.1) is 0 Å². The molecule has 29 heavy (non-hydrogen) atoms. The van der Waals surface area contributed by atoms with Crippen molar-refractivity contribution in [1.29, 1.82) is 0 Å². The largest absolute Gasteiger partial charge is 0.497 e. The summed E-state index contributed by atoms with van der Waals surface area (Å²) in [5.74, 6) is 1.03. The lowest BCUT2D eigenvalue weighted by Crippen LogP contribution is -2.20. The van der Waals surface area contributed by atoms with Crippen molar-refractivity contribution in [2.45, 2.75) is 0 Å². The molecule has 1 N–H and O–H groups in total. The van der Waals surface area contributed by atoms with Gasteiger partial charge in [0.1, 0.15) is 23.0 Å². The van der Waals surface area contributed by atoms with Crippen LogP contribution in [0.25, 0.3) is 6.08 Å². The molecule has 8 heteroatoms. The van der Waals surface area contributed by atoms with Gasteiger partial charge in [-0.25, -0.2) is 4.79 Å². The Hall–Kier alpha value is -3.68. The van der Waals surface area contributed by atoms with Crippen molar-refractivity contribution in [2.24, 2.45) is 0 Å². The molecule has 2 rings (SSSR count). The molecule has 2 aromatic rings. The minimum absolute atomic E-state index is 0.427. The first-order valence-electron chi connectivity index (χ1n) is 8.58. The molecule has 0 aliphatic heterocycles. The van der Waals surface area contributed by atoms with Crippen molar-refractivity contribution in [2.75, 3.05) is 40.4 Å². The summed E-state index contributed by atoms with van der Waals surface area (Å²) in [6.45, 7) is -0.445. The average Bonchev–Trinajstić information content (AvgIpc) is 2.76. The van der Waals surface area contributed by atoms with Gasteiger partial charge in [-0.05, 0) is 35.9 Å². The Morgan fingerprint density at radius 1 is 0.862 bits per heavy atom. The summed E-state index contributed by atoms with van der Waals surface area (Å²) in [5, 5.41) is 2.62. The van der Waals surface area contributed by atoms with E-state index >= 15 is 0 Å². The summed E-state index contributed by atoms with van der Waals surface area (Å²) < 4.78 is 25.6. The first-order valence-corrected chi connectivity index (χ1v) is 8.58. The van der Waals surface area contributed by atoms with Gasteiger partial charge in [0, 0.05) is 18.2 Å². The molecule has 0 heterocycles. The van der Waals surface area contributed by atoms with Gasteiger partial charge in [0.05, 0.1) is 34.1 Å². The number of ether oxygens (including phenoxy) is 5. The highest BCUT2D eigenvalue weighted by Gasteiger charge is 2.10. The molecule has 0 spiro atoms. The number of anilines is 1. The van der Waals surface area contributed by atoms with E-state index in [1.807, 2.05) is 0 Å². The molecule has 1 amide bonds. The molecule has 0 saturated carbocycles. The highest BCUT2D eigenvalue weighted by atomic mass is 16.5. The Bertz CT molecular complexity index is 870. The number of nitrogens with one attached hydrogen (secondary N) is 1. The number of hydrogen-bond donors (Lipinski definition) is 1. The number of carbonyl (C=O) groups excluding carboxylic acids is 2. The van der Waals surface area contributed by atoms with Crippen molar-refractivity contribution >= 4 is 23.6 Å². The van der Waals surface area contributed by atoms with Crippen LogP contribution in [0.4, 0.5) is 5.69 Å². The molecule has 8 nitrogen and oxygen atoms in total. The predicted molar refractivity (Wildman–Crippen MR) is 108 cm³/mol. The summed E-state index contributed by atoms with van der Waals surface area (Å²) in [4.78, 5) is 23.9. The lowest BCUT2D eigenvalue weighted by molar-refractivity contribution is -0.142. The van der Waals surface area contributed by atoms with E-state index in [0.717, 1.165) is 0 Å². The molecule has 0 atom stereocenters. The zero-order valence-electron chi connectivity index (χ0n) is 16.7. The van der Waals surface area contributed by atoms with E-state index in [0.29, 0.717) is 34.2 Å². The summed E-state index contributed by atoms with van der Waals surface area (Å²) in [6, 6.07) is 10.1. The van der Waals surface area contributed by atoms with E-state index in [1.54, 1.807) is 36.4 Å². The predicted octanol–water partition coefficient (Wildman–Crippen LogP) is 2.92. The molecule has 0 unspecified atom stereocenters. The summed E-state index contributed by atoms with van der Waals surface area (Å²) in [6.07, 6.45) is 2.76. The number of hydrogen-bond acceptors (Lipinski definition) is 7. The highest BCUT2D eigenvalue weighted by Crippen LogP contribution is 2.29. The Morgan fingerprint density at radius 2 is 1.52 bits per heavy atom. The molecule has 0 aliphatic carbocycles. The van der Waals surface area contributed by atoms with Crippen LogP contribution < -0.4 is 24.3 Å². The minimum atomic E-state index is -0.663. The first kappa shape index (κ1) is 21.6. The lowest BCUT2D eigenvalue weighted by Gasteiger charge is -2.11. The molecule has 0 aromatic heterocycles. The quantitative estimate of drug-likeness (QED) is 0.510. The highest BCUT2D eigenvalue weighted by molar-refractivity contribution is 5.95. The fraction of sp³-hybridized carbons (Fsp3) is 0.238. The van der Waals surface area contributed by atoms with Crippen LogP contribution in [0.5, 0.6) is 23.0 Å². The van der Waals surface area contributed by atoms with Crippen molar-refractivity contribution in [1.82, 2.24) is 0 Å². The van der Waals surface area contributed by atoms with Crippen molar-refractivity contribution < 1.29 is 33.3 Å². The van der Waals surface area contributed by atoms with E-state index in [2.05, 4.69) is 5.32 Å². The lowest BCUT2D eigenvalue weighted by atomic mass is 10.2. The SMILES string of the molecule is COc1cc(/C=C/C(=O)OCC(=O)Nc2ccc(OC)cc2OC)cc(OC)c1. The van der Waals surface area contributed by atoms with E-state index in [1.165, 1.54) is 40.6 Å². The van der Waals surface area contributed by atoms with Gasteiger partial charge >= 0.3 is 5.97 Å². The number of benzene rings is 2. The van der Waals surface area contributed by atoms with Gasteiger partial charge in [0.2, 0.25) is 0 Å². The topological polar surface area (TPSA) is 92.3 Å². The number of amides is 1. The summed E-state index contributed by atoms with van der Waals surface area (Å²) >= 11 is 0. The van der Waals surface area contributed by atoms with Gasteiger partial charge in [-0.2, -0.15) is 0 Å². The Kier molecular flexibility index (Phi) is 7.90. The van der Waals surface area contributed by atoms with E-state index in [9.17, 15) is 9.59 Å². The zero-order chi connectivity index (χ0) is 21.2. The smallest absolute Gasteiger partial charge is 0.331 e. The van der Waals surface area contributed by atoms with E-state index < -0.39 is 18.5 Å². The monoisotopic (exact) mass is 401 g/mol. The Morgan fingerprint density at radius 3 is 2.10 bits per heavy atom. The maximum absolute atomic E-state index is 12.0. The number of carbonyl (C=O) groups is 2. The van der Waals surface area contributed by atoms with Crippen LogP contribution in [0, 0.1) is 0 Å². The van der Waals surface area contributed by atoms with Crippen LogP contribution in [0.2, 0.25) is 0 Å². The van der Waals surface area contributed by atoms with E-state index in [-0.39, 0.29) is 0 Å². The van der Waals surface area contributed by atoms with Gasteiger partial charge in [0.25, 0.3) is 5.91 Å². The molecular formula is C21H23NO7. The van der Waals surface area contributed by atoms with Gasteiger partial charge < -0.3 is 29.0 Å². The van der Waals surface area contributed by atoms with Crippen LogP contribution in [0.1, 0.15) is 5.56 Å². The van der Waals surface area contributed by atoms with Gasteiger partial charge in [-0.1, -0.05) is 0 Å². The van der Waals surface area contributed by atoms with Gasteiger partial charge in [0.15, 0.2) is 6.61 Å². The third-order valence-corrected chi connectivity index (χ3v) is 3.81. The third kappa shape index (κ3) is 6.46. The van der Waals surface area contributed by atoms with E-state index in [4.69, 9.17) is 23.7 Å².